The maximum absolute atomic E-state index is 13.3. The van der Waals surface area contributed by atoms with E-state index in [0.29, 0.717) is 0 Å². The van der Waals surface area contributed by atoms with E-state index in [2.05, 4.69) is 0 Å². The standard InChI is InChI=1S/C21H22O11/c1-7-15(26)17(28)18(29)21(30-7)32-20-16(27)14-12(25)5-11(24)6-13(14)31-19(20)8-2-9(22)4-10(23)3-8/h2-7,15,17-26,28-29H,1H3/t7-,15+,17-,18-,19-,20+,21+/m1/s1. The summed E-state index contributed by atoms with van der Waals surface area (Å²) in [5.74, 6) is -2.59. The van der Waals surface area contributed by atoms with Crippen molar-refractivity contribution in [2.75, 3.05) is 0 Å². The van der Waals surface area contributed by atoms with Crippen LogP contribution in [0.25, 0.3) is 0 Å². The molecular formula is C21H22O11. The third-order valence-electron chi connectivity index (χ3n) is 5.44. The summed E-state index contributed by atoms with van der Waals surface area (Å²) >= 11 is 0. The molecule has 2 aliphatic heterocycles. The first-order chi connectivity index (χ1) is 15.1. The number of aliphatic hydroxyl groups excluding tert-OH is 3. The lowest BCUT2D eigenvalue weighted by atomic mass is 9.92. The van der Waals surface area contributed by atoms with Crippen LogP contribution in [0.1, 0.15) is 28.9 Å². The van der Waals surface area contributed by atoms with Gasteiger partial charge in [0, 0.05) is 23.8 Å². The average Bonchev–Trinajstić information content (AvgIpc) is 2.70. The fourth-order valence-corrected chi connectivity index (χ4v) is 3.83. The lowest BCUT2D eigenvalue weighted by molar-refractivity contribution is -0.304. The van der Waals surface area contributed by atoms with Gasteiger partial charge in [0.25, 0.3) is 0 Å². The van der Waals surface area contributed by atoms with E-state index >= 15 is 0 Å². The zero-order chi connectivity index (χ0) is 23.3. The fraction of sp³-hybridized carbons (Fsp3) is 0.381. The molecule has 172 valence electrons. The second kappa shape index (κ2) is 8.11. The molecule has 0 aromatic heterocycles. The van der Waals surface area contributed by atoms with Crippen molar-refractivity contribution in [1.29, 1.82) is 0 Å². The summed E-state index contributed by atoms with van der Waals surface area (Å²) in [5.41, 5.74) is -0.194. The predicted octanol–water partition coefficient (Wildman–Crippen LogP) is 0.0381. The van der Waals surface area contributed by atoms with Gasteiger partial charge in [0.15, 0.2) is 18.5 Å². The third-order valence-corrected chi connectivity index (χ3v) is 5.44. The maximum atomic E-state index is 13.3. The van der Waals surface area contributed by atoms with E-state index in [1.54, 1.807) is 0 Å². The lowest BCUT2D eigenvalue weighted by Crippen LogP contribution is -2.59. The first kappa shape index (κ1) is 22.1. The first-order valence-electron chi connectivity index (χ1n) is 9.71. The molecule has 0 spiro atoms. The van der Waals surface area contributed by atoms with Crippen molar-refractivity contribution >= 4 is 5.78 Å². The molecule has 2 aliphatic rings. The Morgan fingerprint density at radius 2 is 1.47 bits per heavy atom. The normalized spacial score (nSPS) is 32.2. The highest BCUT2D eigenvalue weighted by Gasteiger charge is 2.48. The van der Waals surface area contributed by atoms with E-state index < -0.39 is 54.4 Å². The number of ketones is 1. The molecule has 11 heteroatoms. The Kier molecular flexibility index (Phi) is 5.61. The molecule has 7 N–H and O–H groups in total. The van der Waals surface area contributed by atoms with Crippen molar-refractivity contribution in [3.63, 3.8) is 0 Å². The molecule has 0 aliphatic carbocycles. The van der Waals surface area contributed by atoms with E-state index in [9.17, 15) is 40.5 Å². The van der Waals surface area contributed by atoms with Crippen LogP contribution in [0.5, 0.6) is 28.7 Å². The summed E-state index contributed by atoms with van der Waals surface area (Å²) in [7, 11) is 0. The zero-order valence-electron chi connectivity index (χ0n) is 16.7. The lowest BCUT2D eigenvalue weighted by Gasteiger charge is -2.42. The Morgan fingerprint density at radius 1 is 0.844 bits per heavy atom. The van der Waals surface area contributed by atoms with Crippen LogP contribution in [0.3, 0.4) is 0 Å². The Morgan fingerprint density at radius 3 is 2.12 bits per heavy atom. The molecule has 11 nitrogen and oxygen atoms in total. The van der Waals surface area contributed by atoms with Gasteiger partial charge in [0.1, 0.15) is 52.6 Å². The molecule has 2 aromatic carbocycles. The number of hydrogen-bond donors (Lipinski definition) is 7. The highest BCUT2D eigenvalue weighted by atomic mass is 16.7. The number of carbonyl (C=O) groups excluding carboxylic acids is 1. The van der Waals surface area contributed by atoms with Crippen LogP contribution in [0.2, 0.25) is 0 Å². The zero-order valence-corrected chi connectivity index (χ0v) is 16.7. The molecule has 1 fully saturated rings. The van der Waals surface area contributed by atoms with E-state index in [4.69, 9.17) is 14.2 Å². The first-order valence-corrected chi connectivity index (χ1v) is 9.71. The summed E-state index contributed by atoms with van der Waals surface area (Å²) in [6.45, 7) is 1.43. The van der Waals surface area contributed by atoms with Gasteiger partial charge in [0.2, 0.25) is 5.78 Å². The van der Waals surface area contributed by atoms with E-state index in [0.717, 1.165) is 18.2 Å². The minimum atomic E-state index is -1.72. The quantitative estimate of drug-likeness (QED) is 0.335. The fourth-order valence-electron chi connectivity index (χ4n) is 3.83. The van der Waals surface area contributed by atoms with Crippen LogP contribution in [0.15, 0.2) is 30.3 Å². The minimum Gasteiger partial charge on any atom is -0.508 e. The summed E-state index contributed by atoms with van der Waals surface area (Å²) < 4.78 is 16.9. The Balaban J connectivity index is 1.76. The Labute approximate surface area is 181 Å². The number of fused-ring (bicyclic) bond motifs is 1. The molecule has 1 saturated heterocycles. The number of phenols is 4. The number of Topliss-reactive ketones (excluding diaryl/α,β-unsaturated/α-hetero) is 1. The van der Waals surface area contributed by atoms with E-state index in [1.807, 2.05) is 0 Å². The maximum Gasteiger partial charge on any atom is 0.203 e. The van der Waals surface area contributed by atoms with Crippen LogP contribution in [0, 0.1) is 0 Å². The number of rotatable bonds is 3. The van der Waals surface area contributed by atoms with Crippen molar-refractivity contribution in [3.05, 3.63) is 41.5 Å². The van der Waals surface area contributed by atoms with Crippen molar-refractivity contribution in [2.24, 2.45) is 0 Å². The SMILES string of the molecule is C[C@H]1O[C@@H](O[C@H]2C(=O)c3c(O)cc(O)cc3O[C@@H]2c2cc(O)cc(O)c2)[C@H](O)[C@H](O)[C@H]1O. The molecule has 0 amide bonds. The monoisotopic (exact) mass is 450 g/mol. The molecule has 32 heavy (non-hydrogen) atoms. The molecule has 0 bridgehead atoms. The molecule has 4 rings (SSSR count). The van der Waals surface area contributed by atoms with Gasteiger partial charge in [-0.3, -0.25) is 4.79 Å². The Hall–Kier alpha value is -3.09. The highest BCUT2D eigenvalue weighted by molar-refractivity contribution is 6.05. The summed E-state index contributed by atoms with van der Waals surface area (Å²) in [5, 5.41) is 70.0. The van der Waals surface area contributed by atoms with Crippen LogP contribution in [-0.2, 0) is 9.47 Å². The van der Waals surface area contributed by atoms with Gasteiger partial charge in [-0.25, -0.2) is 0 Å². The summed E-state index contributed by atoms with van der Waals surface area (Å²) in [4.78, 5) is 13.3. The van der Waals surface area contributed by atoms with E-state index in [1.165, 1.54) is 19.1 Å². The van der Waals surface area contributed by atoms with Gasteiger partial charge in [-0.1, -0.05) is 0 Å². The second-order valence-corrected chi connectivity index (χ2v) is 7.76. The number of phenolic OH excluding ortho intramolecular Hbond substituents is 4. The van der Waals surface area contributed by atoms with Gasteiger partial charge in [-0.15, -0.1) is 0 Å². The van der Waals surface area contributed by atoms with Gasteiger partial charge < -0.3 is 50.0 Å². The van der Waals surface area contributed by atoms with Gasteiger partial charge in [-0.2, -0.15) is 0 Å². The smallest absolute Gasteiger partial charge is 0.203 e. The second-order valence-electron chi connectivity index (χ2n) is 7.76. The Bertz CT molecular complexity index is 1020. The molecule has 0 radical (unpaired) electrons. The van der Waals surface area contributed by atoms with Crippen LogP contribution < -0.4 is 4.74 Å². The van der Waals surface area contributed by atoms with Crippen LogP contribution in [0.4, 0.5) is 0 Å². The molecular weight excluding hydrogens is 428 g/mol. The van der Waals surface area contributed by atoms with Crippen molar-refractivity contribution < 1.29 is 54.8 Å². The van der Waals surface area contributed by atoms with Gasteiger partial charge >= 0.3 is 0 Å². The topological polar surface area (TPSA) is 186 Å². The predicted molar refractivity (Wildman–Crippen MR) is 104 cm³/mol. The van der Waals surface area contributed by atoms with Crippen LogP contribution >= 0.6 is 0 Å². The summed E-state index contributed by atoms with van der Waals surface area (Å²) in [6, 6.07) is 5.52. The minimum absolute atomic E-state index is 0.105. The molecule has 2 aromatic rings. The third kappa shape index (κ3) is 3.80. The van der Waals surface area contributed by atoms with Crippen molar-refractivity contribution in [1.82, 2.24) is 0 Å². The molecule has 7 atom stereocenters. The van der Waals surface area contributed by atoms with Gasteiger partial charge in [0.05, 0.1) is 6.10 Å². The van der Waals surface area contributed by atoms with Crippen LogP contribution in [-0.4, -0.2) is 78.3 Å². The molecule has 2 heterocycles. The van der Waals surface area contributed by atoms with Gasteiger partial charge in [-0.05, 0) is 19.1 Å². The number of ether oxygens (including phenoxy) is 3. The summed E-state index contributed by atoms with van der Waals surface area (Å²) in [6.07, 6.45) is -10.1. The van der Waals surface area contributed by atoms with Crippen molar-refractivity contribution in [3.8, 4) is 28.7 Å². The highest BCUT2D eigenvalue weighted by Crippen LogP contribution is 2.44. The molecule has 0 saturated carbocycles. The number of hydrogen-bond acceptors (Lipinski definition) is 11. The number of carbonyl (C=O) groups is 1. The van der Waals surface area contributed by atoms with Crippen molar-refractivity contribution in [2.45, 2.75) is 49.8 Å². The van der Waals surface area contributed by atoms with E-state index in [-0.39, 0.29) is 34.1 Å². The molecule has 0 unspecified atom stereocenters. The average molecular weight is 450 g/mol. The number of aromatic hydroxyl groups is 4. The number of aliphatic hydroxyl groups is 3. The largest absolute Gasteiger partial charge is 0.508 e. The number of benzene rings is 2.